The normalized spacial score (nSPS) is 12.3. The molecule has 5 nitrogen and oxygen atoms in total. The van der Waals surface area contributed by atoms with E-state index in [1.165, 1.54) is 0 Å². The van der Waals surface area contributed by atoms with E-state index in [-0.39, 0.29) is 49.0 Å². The zero-order chi connectivity index (χ0) is 18.9. The molecule has 26 heavy (non-hydrogen) atoms. The number of aliphatic imine (C=N–C) groups is 1. The molecule has 1 aromatic rings. The van der Waals surface area contributed by atoms with Crippen molar-refractivity contribution in [2.24, 2.45) is 4.99 Å². The van der Waals surface area contributed by atoms with Gasteiger partial charge in [-0.1, -0.05) is 0 Å². The van der Waals surface area contributed by atoms with E-state index in [4.69, 9.17) is 4.74 Å². The zero-order valence-electron chi connectivity index (χ0n) is 13.7. The Kier molecular flexibility index (Phi) is 10.6. The van der Waals surface area contributed by atoms with Gasteiger partial charge in [0.25, 0.3) is 0 Å². The molecule has 0 saturated carbocycles. The summed E-state index contributed by atoms with van der Waals surface area (Å²) in [4.78, 5) is 7.29. The minimum Gasteiger partial charge on any atom is -0.476 e. The van der Waals surface area contributed by atoms with E-state index in [0.717, 1.165) is 12.1 Å². The van der Waals surface area contributed by atoms with Crippen LogP contribution in [0.3, 0.4) is 0 Å². The molecule has 0 saturated heterocycles. The van der Waals surface area contributed by atoms with Crippen molar-refractivity contribution in [3.05, 3.63) is 23.9 Å². The van der Waals surface area contributed by atoms with E-state index >= 15 is 0 Å². The summed E-state index contributed by atoms with van der Waals surface area (Å²) in [5.41, 5.74) is -0.885. The van der Waals surface area contributed by atoms with Crippen molar-refractivity contribution < 1.29 is 31.1 Å². The first-order chi connectivity index (χ1) is 11.6. The molecule has 0 fully saturated rings. The Hall–Kier alpha value is -1.47. The third-order valence-electron chi connectivity index (χ3n) is 2.72. The van der Waals surface area contributed by atoms with E-state index in [2.05, 4.69) is 20.6 Å². The van der Waals surface area contributed by atoms with E-state index < -0.39 is 30.9 Å². The SMILES string of the molecule is CCNC(=NCCC(F)(F)F)NCCOc1ccc(C(F)(F)F)cn1.I. The number of hydrogen-bond donors (Lipinski definition) is 2. The third kappa shape index (κ3) is 10.5. The summed E-state index contributed by atoms with van der Waals surface area (Å²) in [5, 5.41) is 5.52. The maximum Gasteiger partial charge on any atom is 0.417 e. The highest BCUT2D eigenvalue weighted by Crippen LogP contribution is 2.29. The molecule has 2 N–H and O–H groups in total. The second-order valence-electron chi connectivity index (χ2n) is 4.78. The topological polar surface area (TPSA) is 58.5 Å². The summed E-state index contributed by atoms with van der Waals surface area (Å²) in [6, 6.07) is 1.93. The number of nitrogens with zero attached hydrogens (tertiary/aromatic N) is 2. The molecule has 0 aliphatic rings. The van der Waals surface area contributed by atoms with Crippen molar-refractivity contribution in [2.45, 2.75) is 25.7 Å². The van der Waals surface area contributed by atoms with Crippen LogP contribution in [0, 0.1) is 0 Å². The fourth-order valence-corrected chi connectivity index (χ4v) is 1.59. The van der Waals surface area contributed by atoms with Gasteiger partial charge in [0.1, 0.15) is 6.61 Å². The first-order valence-electron chi connectivity index (χ1n) is 7.37. The van der Waals surface area contributed by atoms with Crippen molar-refractivity contribution in [1.29, 1.82) is 0 Å². The van der Waals surface area contributed by atoms with E-state index in [1.807, 2.05) is 0 Å². The maximum absolute atomic E-state index is 12.4. The molecule has 12 heteroatoms. The lowest BCUT2D eigenvalue weighted by molar-refractivity contribution is -0.138. The van der Waals surface area contributed by atoms with Crippen LogP contribution < -0.4 is 15.4 Å². The molecular formula is C14H19F6IN4O. The Morgan fingerprint density at radius 1 is 1.15 bits per heavy atom. The van der Waals surface area contributed by atoms with Crippen LogP contribution in [0.1, 0.15) is 18.9 Å². The Morgan fingerprint density at radius 3 is 2.35 bits per heavy atom. The van der Waals surface area contributed by atoms with Crippen molar-refractivity contribution in [1.82, 2.24) is 15.6 Å². The highest BCUT2D eigenvalue weighted by atomic mass is 127. The van der Waals surface area contributed by atoms with Crippen LogP contribution in [0.5, 0.6) is 5.88 Å². The molecule has 1 rings (SSSR count). The van der Waals surface area contributed by atoms with Gasteiger partial charge in [-0.3, -0.25) is 4.99 Å². The number of hydrogen-bond acceptors (Lipinski definition) is 3. The number of ether oxygens (including phenoxy) is 1. The van der Waals surface area contributed by atoms with E-state index in [9.17, 15) is 26.3 Å². The van der Waals surface area contributed by atoms with Crippen molar-refractivity contribution in [3.8, 4) is 5.88 Å². The Balaban J connectivity index is 0.00000625. The molecule has 0 aromatic carbocycles. The van der Waals surface area contributed by atoms with Gasteiger partial charge in [-0.25, -0.2) is 4.98 Å². The molecule has 0 spiro atoms. The minimum absolute atomic E-state index is 0. The van der Waals surface area contributed by atoms with E-state index in [0.29, 0.717) is 12.7 Å². The molecule has 0 aliphatic carbocycles. The third-order valence-corrected chi connectivity index (χ3v) is 2.72. The number of pyridine rings is 1. The lowest BCUT2D eigenvalue weighted by Gasteiger charge is -2.12. The smallest absolute Gasteiger partial charge is 0.417 e. The molecule has 0 radical (unpaired) electrons. The summed E-state index contributed by atoms with van der Waals surface area (Å²) >= 11 is 0. The number of guanidine groups is 1. The van der Waals surface area contributed by atoms with Crippen LogP contribution in [-0.2, 0) is 6.18 Å². The van der Waals surface area contributed by atoms with Gasteiger partial charge in [0.05, 0.1) is 25.1 Å². The Bertz CT molecular complexity index is 548. The molecule has 0 aliphatic heterocycles. The fraction of sp³-hybridized carbons (Fsp3) is 0.571. The fourth-order valence-electron chi connectivity index (χ4n) is 1.59. The molecule has 0 bridgehead atoms. The summed E-state index contributed by atoms with van der Waals surface area (Å²) in [7, 11) is 0. The molecule has 1 heterocycles. The summed E-state index contributed by atoms with van der Waals surface area (Å²) < 4.78 is 78.5. The van der Waals surface area contributed by atoms with Gasteiger partial charge in [-0.05, 0) is 13.0 Å². The highest BCUT2D eigenvalue weighted by molar-refractivity contribution is 14.0. The highest BCUT2D eigenvalue weighted by Gasteiger charge is 2.30. The van der Waals surface area contributed by atoms with Crippen LogP contribution in [0.25, 0.3) is 0 Å². The molecule has 0 amide bonds. The van der Waals surface area contributed by atoms with E-state index in [1.54, 1.807) is 6.92 Å². The van der Waals surface area contributed by atoms with Gasteiger partial charge >= 0.3 is 12.4 Å². The minimum atomic E-state index is -4.47. The predicted octanol–water partition coefficient (Wildman–Crippen LogP) is 3.60. The second kappa shape index (κ2) is 11.3. The van der Waals surface area contributed by atoms with Gasteiger partial charge < -0.3 is 15.4 Å². The standard InChI is InChI=1S/C14H18F6N4O.HI/c1-2-21-12(22-6-5-13(15,16)17)23-7-8-25-11-4-3-10(9-24-11)14(18,19)20;/h3-4,9H,2,5-8H2,1H3,(H2,21,22,23);1H. The number of aromatic nitrogens is 1. The van der Waals surface area contributed by atoms with Gasteiger partial charge in [-0.2, -0.15) is 26.3 Å². The Morgan fingerprint density at radius 2 is 1.85 bits per heavy atom. The van der Waals surface area contributed by atoms with Crippen LogP contribution in [-0.4, -0.2) is 43.4 Å². The van der Waals surface area contributed by atoms with Crippen molar-refractivity contribution in [3.63, 3.8) is 0 Å². The van der Waals surface area contributed by atoms with Crippen LogP contribution in [0.2, 0.25) is 0 Å². The summed E-state index contributed by atoms with van der Waals surface area (Å²) in [5.74, 6) is 0.199. The summed E-state index contributed by atoms with van der Waals surface area (Å²) in [6.45, 7) is 2.02. The van der Waals surface area contributed by atoms with Gasteiger partial charge in [-0.15, -0.1) is 24.0 Å². The lowest BCUT2D eigenvalue weighted by atomic mass is 10.3. The average molecular weight is 500 g/mol. The second-order valence-corrected chi connectivity index (χ2v) is 4.78. The number of alkyl halides is 6. The maximum atomic E-state index is 12.4. The van der Waals surface area contributed by atoms with Gasteiger partial charge in [0.2, 0.25) is 5.88 Å². The van der Waals surface area contributed by atoms with Gasteiger partial charge in [0.15, 0.2) is 5.96 Å². The zero-order valence-corrected chi connectivity index (χ0v) is 16.1. The van der Waals surface area contributed by atoms with Crippen LogP contribution in [0.15, 0.2) is 23.3 Å². The number of halogens is 7. The molecule has 0 atom stereocenters. The van der Waals surface area contributed by atoms with Crippen LogP contribution in [0.4, 0.5) is 26.3 Å². The monoisotopic (exact) mass is 500 g/mol. The number of rotatable bonds is 7. The largest absolute Gasteiger partial charge is 0.476 e. The first-order valence-corrected chi connectivity index (χ1v) is 7.37. The summed E-state index contributed by atoms with van der Waals surface area (Å²) in [6.07, 6.45) is -9.13. The van der Waals surface area contributed by atoms with Crippen molar-refractivity contribution >= 4 is 29.9 Å². The van der Waals surface area contributed by atoms with Gasteiger partial charge in [0, 0.05) is 18.8 Å². The molecule has 1 aromatic heterocycles. The molecule has 150 valence electrons. The number of nitrogens with one attached hydrogen (secondary N) is 2. The van der Waals surface area contributed by atoms with Crippen molar-refractivity contribution in [2.75, 3.05) is 26.2 Å². The quantitative estimate of drug-likeness (QED) is 0.198. The molecule has 0 unspecified atom stereocenters. The first kappa shape index (κ1) is 24.5. The predicted molar refractivity (Wildman–Crippen MR) is 94.8 cm³/mol. The molecular weight excluding hydrogens is 481 g/mol. The van der Waals surface area contributed by atoms with Crippen LogP contribution >= 0.6 is 24.0 Å². The average Bonchev–Trinajstić information content (AvgIpc) is 2.50. The Labute approximate surface area is 163 Å². The lowest BCUT2D eigenvalue weighted by Crippen LogP contribution is -2.39.